The number of hydrogen-bond acceptors (Lipinski definition) is 3. The van der Waals surface area contributed by atoms with Gasteiger partial charge in [0.1, 0.15) is 11.6 Å². The van der Waals surface area contributed by atoms with E-state index in [1.54, 1.807) is 7.11 Å². The third-order valence-corrected chi connectivity index (χ3v) is 3.65. The van der Waals surface area contributed by atoms with E-state index in [0.29, 0.717) is 6.54 Å². The molecule has 0 fully saturated rings. The first-order chi connectivity index (χ1) is 8.99. The number of benzene rings is 1. The largest absolute Gasteiger partial charge is 0.496 e. The Hall–Kier alpha value is -1.81. The van der Waals surface area contributed by atoms with E-state index in [1.807, 2.05) is 18.5 Å². The predicted octanol–water partition coefficient (Wildman–Crippen LogP) is 2.48. The summed E-state index contributed by atoms with van der Waals surface area (Å²) >= 11 is 0. The maximum atomic E-state index is 5.72. The van der Waals surface area contributed by atoms with Gasteiger partial charge in [-0.25, -0.2) is 4.98 Å². The van der Waals surface area contributed by atoms with Crippen molar-refractivity contribution in [2.75, 3.05) is 7.11 Å². The fourth-order valence-corrected chi connectivity index (χ4v) is 2.34. The number of rotatable bonds is 3. The Labute approximate surface area is 114 Å². The lowest BCUT2D eigenvalue weighted by Crippen LogP contribution is -2.05. The van der Waals surface area contributed by atoms with Crippen molar-refractivity contribution in [1.29, 1.82) is 0 Å². The van der Waals surface area contributed by atoms with E-state index in [1.165, 1.54) is 0 Å². The molecule has 2 N–H and O–H groups in total. The second kappa shape index (κ2) is 5.05. The second-order valence-corrected chi connectivity index (χ2v) is 4.86. The fraction of sp³-hybridized carbons (Fsp3) is 0.400. The van der Waals surface area contributed by atoms with Crippen molar-refractivity contribution >= 4 is 0 Å². The first-order valence-electron chi connectivity index (χ1n) is 6.37. The third-order valence-electron chi connectivity index (χ3n) is 3.65. The molecule has 0 bridgehead atoms. The van der Waals surface area contributed by atoms with Crippen LogP contribution in [-0.4, -0.2) is 16.7 Å². The van der Waals surface area contributed by atoms with Gasteiger partial charge in [-0.1, -0.05) is 0 Å². The van der Waals surface area contributed by atoms with E-state index in [9.17, 15) is 0 Å². The fourth-order valence-electron chi connectivity index (χ4n) is 2.34. The maximum Gasteiger partial charge on any atom is 0.123 e. The zero-order valence-electron chi connectivity index (χ0n) is 12.2. The molecule has 0 spiro atoms. The molecule has 1 aromatic carbocycles. The van der Waals surface area contributed by atoms with Crippen molar-refractivity contribution in [1.82, 2.24) is 9.55 Å². The van der Waals surface area contributed by atoms with Crippen LogP contribution in [0.1, 0.15) is 22.6 Å². The Bertz CT molecular complexity index is 614. The molecule has 0 unspecified atom stereocenters. The average molecular weight is 259 g/mol. The van der Waals surface area contributed by atoms with Crippen molar-refractivity contribution in [3.63, 3.8) is 0 Å². The van der Waals surface area contributed by atoms with Gasteiger partial charge >= 0.3 is 0 Å². The van der Waals surface area contributed by atoms with Crippen molar-refractivity contribution in [3.8, 4) is 17.0 Å². The summed E-state index contributed by atoms with van der Waals surface area (Å²) in [6.45, 7) is 6.64. The van der Waals surface area contributed by atoms with Crippen LogP contribution in [0.2, 0.25) is 0 Å². The summed E-state index contributed by atoms with van der Waals surface area (Å²) in [6, 6.07) is 4.19. The van der Waals surface area contributed by atoms with Gasteiger partial charge in [-0.3, -0.25) is 0 Å². The number of aryl methyl sites for hydroxylation is 2. The Morgan fingerprint density at radius 1 is 1.21 bits per heavy atom. The molecule has 0 aliphatic rings. The van der Waals surface area contributed by atoms with Gasteiger partial charge in [0, 0.05) is 18.3 Å². The molecule has 4 heteroatoms. The molecule has 2 rings (SSSR count). The second-order valence-electron chi connectivity index (χ2n) is 4.86. The average Bonchev–Trinajstić information content (AvgIpc) is 2.68. The molecule has 2 aromatic rings. The highest BCUT2D eigenvalue weighted by molar-refractivity contribution is 5.68. The smallest absolute Gasteiger partial charge is 0.123 e. The summed E-state index contributed by atoms with van der Waals surface area (Å²) in [4.78, 5) is 4.65. The molecule has 0 amide bonds. The molecular formula is C15H21N3O. The van der Waals surface area contributed by atoms with E-state index in [2.05, 4.69) is 31.0 Å². The molecule has 102 valence electrons. The van der Waals surface area contributed by atoms with Crippen LogP contribution in [0.15, 0.2) is 12.1 Å². The standard InChI is InChI=1S/C15H21N3O/c1-9-7-13(19-5)10(2)6-12(9)15-11(3)18(4)14(8-16)17-15/h6-7H,8,16H2,1-5H3. The molecule has 0 aliphatic carbocycles. The van der Waals surface area contributed by atoms with Crippen LogP contribution in [0.5, 0.6) is 5.75 Å². The van der Waals surface area contributed by atoms with Gasteiger partial charge in [0.15, 0.2) is 0 Å². The van der Waals surface area contributed by atoms with E-state index < -0.39 is 0 Å². The molecule has 19 heavy (non-hydrogen) atoms. The summed E-state index contributed by atoms with van der Waals surface area (Å²) in [6.07, 6.45) is 0. The highest BCUT2D eigenvalue weighted by Gasteiger charge is 2.15. The molecule has 0 aliphatic heterocycles. The van der Waals surface area contributed by atoms with Crippen LogP contribution in [0, 0.1) is 20.8 Å². The van der Waals surface area contributed by atoms with Crippen LogP contribution in [0.4, 0.5) is 0 Å². The highest BCUT2D eigenvalue weighted by atomic mass is 16.5. The van der Waals surface area contributed by atoms with Gasteiger partial charge in [-0.2, -0.15) is 0 Å². The Morgan fingerprint density at radius 2 is 1.89 bits per heavy atom. The van der Waals surface area contributed by atoms with Crippen molar-refractivity contribution in [2.24, 2.45) is 12.8 Å². The monoisotopic (exact) mass is 259 g/mol. The highest BCUT2D eigenvalue weighted by Crippen LogP contribution is 2.31. The normalized spacial score (nSPS) is 10.8. The van der Waals surface area contributed by atoms with Crippen LogP contribution in [0.3, 0.4) is 0 Å². The molecule has 1 heterocycles. The summed E-state index contributed by atoms with van der Waals surface area (Å²) < 4.78 is 7.40. The lowest BCUT2D eigenvalue weighted by Gasteiger charge is -2.10. The SMILES string of the molecule is COc1cc(C)c(-c2nc(CN)n(C)c2C)cc1C. The van der Waals surface area contributed by atoms with Gasteiger partial charge < -0.3 is 15.0 Å². The number of imidazole rings is 1. The summed E-state index contributed by atoms with van der Waals surface area (Å²) in [5.74, 6) is 1.81. The number of aromatic nitrogens is 2. The quantitative estimate of drug-likeness (QED) is 0.921. The summed E-state index contributed by atoms with van der Waals surface area (Å²) in [7, 11) is 3.69. The lowest BCUT2D eigenvalue weighted by molar-refractivity contribution is 0.411. The number of hydrogen-bond donors (Lipinski definition) is 1. The van der Waals surface area contributed by atoms with E-state index in [4.69, 9.17) is 10.5 Å². The van der Waals surface area contributed by atoms with E-state index in [0.717, 1.165) is 39.7 Å². The maximum absolute atomic E-state index is 5.72. The molecular weight excluding hydrogens is 238 g/mol. The van der Waals surface area contributed by atoms with Gasteiger partial charge in [0.2, 0.25) is 0 Å². The van der Waals surface area contributed by atoms with Crippen LogP contribution in [0.25, 0.3) is 11.3 Å². The number of nitrogens with two attached hydrogens (primary N) is 1. The first kappa shape index (κ1) is 13.6. The molecule has 4 nitrogen and oxygen atoms in total. The zero-order chi connectivity index (χ0) is 14.2. The Kier molecular flexibility index (Phi) is 3.62. The molecule has 1 aromatic heterocycles. The third kappa shape index (κ3) is 2.24. The first-order valence-corrected chi connectivity index (χ1v) is 6.37. The van der Waals surface area contributed by atoms with Crippen molar-refractivity contribution in [2.45, 2.75) is 27.3 Å². The predicted molar refractivity (Wildman–Crippen MR) is 77.3 cm³/mol. The van der Waals surface area contributed by atoms with Crippen LogP contribution < -0.4 is 10.5 Å². The van der Waals surface area contributed by atoms with Gasteiger partial charge in [0.05, 0.1) is 19.3 Å². The van der Waals surface area contributed by atoms with Gasteiger partial charge in [0.25, 0.3) is 0 Å². The minimum atomic E-state index is 0.450. The van der Waals surface area contributed by atoms with Crippen molar-refractivity contribution in [3.05, 3.63) is 34.8 Å². The number of nitrogens with zero attached hydrogens (tertiary/aromatic N) is 2. The summed E-state index contributed by atoms with van der Waals surface area (Å²) in [5.41, 5.74) is 11.3. The lowest BCUT2D eigenvalue weighted by atomic mass is 10.0. The van der Waals surface area contributed by atoms with E-state index in [-0.39, 0.29) is 0 Å². The molecule has 0 saturated carbocycles. The van der Waals surface area contributed by atoms with Crippen LogP contribution >= 0.6 is 0 Å². The number of methoxy groups -OCH3 is 1. The van der Waals surface area contributed by atoms with Crippen molar-refractivity contribution < 1.29 is 4.74 Å². The molecule has 0 saturated heterocycles. The van der Waals surface area contributed by atoms with Crippen LogP contribution in [-0.2, 0) is 13.6 Å². The topological polar surface area (TPSA) is 53.1 Å². The van der Waals surface area contributed by atoms with Gasteiger partial charge in [-0.05, 0) is 44.0 Å². The van der Waals surface area contributed by atoms with Gasteiger partial charge in [-0.15, -0.1) is 0 Å². The number of ether oxygens (including phenoxy) is 1. The summed E-state index contributed by atoms with van der Waals surface area (Å²) in [5, 5.41) is 0. The molecule has 0 atom stereocenters. The minimum absolute atomic E-state index is 0.450. The zero-order valence-corrected chi connectivity index (χ0v) is 12.2. The van der Waals surface area contributed by atoms with E-state index >= 15 is 0 Å². The molecule has 0 radical (unpaired) electrons. The Balaban J connectivity index is 2.62. The Morgan fingerprint density at radius 3 is 2.42 bits per heavy atom. The minimum Gasteiger partial charge on any atom is -0.496 e.